The number of imidazole rings is 1. The Morgan fingerprint density at radius 3 is 2.83 bits per heavy atom. The third-order valence-corrected chi connectivity index (χ3v) is 4.93. The first-order valence-corrected chi connectivity index (χ1v) is 9.74. The quantitative estimate of drug-likeness (QED) is 0.463. The lowest BCUT2D eigenvalue weighted by Crippen LogP contribution is -2.24. The molecule has 0 bridgehead atoms. The molecule has 1 aromatic carbocycles. The van der Waals surface area contributed by atoms with Crippen LogP contribution in [0.4, 0.5) is 0 Å². The van der Waals surface area contributed by atoms with Gasteiger partial charge in [0.05, 0.1) is 41.0 Å². The fraction of sp³-hybridized carbons (Fsp3) is 0.182. The van der Waals surface area contributed by atoms with Gasteiger partial charge >= 0.3 is 0 Å². The minimum atomic E-state index is -0.223. The topological polar surface area (TPSA) is 102 Å². The molecule has 0 saturated heterocycles. The van der Waals surface area contributed by atoms with Crippen LogP contribution >= 0.6 is 0 Å². The molecule has 8 heteroatoms. The third kappa shape index (κ3) is 3.12. The Hall–Kier alpha value is -3.94. The van der Waals surface area contributed by atoms with Crippen LogP contribution in [-0.2, 0) is 6.54 Å². The van der Waals surface area contributed by atoms with Crippen LogP contribution in [0.2, 0.25) is 0 Å². The van der Waals surface area contributed by atoms with E-state index in [4.69, 9.17) is 9.40 Å². The van der Waals surface area contributed by atoms with Crippen molar-refractivity contribution < 1.29 is 9.21 Å². The molecule has 0 atom stereocenters. The van der Waals surface area contributed by atoms with E-state index in [1.807, 2.05) is 44.2 Å². The average molecular weight is 400 g/mol. The van der Waals surface area contributed by atoms with Gasteiger partial charge in [-0.2, -0.15) is 5.10 Å². The van der Waals surface area contributed by atoms with Crippen LogP contribution in [-0.4, -0.2) is 30.6 Å². The maximum Gasteiger partial charge on any atom is 0.252 e. The second kappa shape index (κ2) is 7.14. The Kier molecular flexibility index (Phi) is 4.31. The molecule has 5 aromatic rings. The molecular formula is C22H20N6O2. The van der Waals surface area contributed by atoms with Gasteiger partial charge in [-0.25, -0.2) is 14.6 Å². The zero-order chi connectivity index (χ0) is 20.7. The predicted octanol–water partition coefficient (Wildman–Crippen LogP) is 4.08. The summed E-state index contributed by atoms with van der Waals surface area (Å²) in [7, 11) is 0. The molecule has 1 amide bonds. The molecular weight excluding hydrogens is 380 g/mol. The van der Waals surface area contributed by atoms with Crippen molar-refractivity contribution in [2.75, 3.05) is 0 Å². The minimum absolute atomic E-state index is 0.105. The lowest BCUT2D eigenvalue weighted by molar-refractivity contribution is 0.0951. The first kappa shape index (κ1) is 18.1. The highest BCUT2D eigenvalue weighted by atomic mass is 16.3. The number of para-hydroxylation sites is 2. The standard InChI is InChI=1S/C22H20N6O2/c1-13(2)28-21-15(11-24-28)14(10-18(27-21)19-8-5-9-30-19)22(29)23-12-20-25-16-6-3-4-7-17(16)26-20/h3-11,13H,12H2,1-2H3,(H,23,29)(H,25,26). The van der Waals surface area contributed by atoms with E-state index in [-0.39, 0.29) is 18.5 Å². The Labute approximate surface area is 171 Å². The van der Waals surface area contributed by atoms with E-state index in [0.717, 1.165) is 11.0 Å². The number of hydrogen-bond acceptors (Lipinski definition) is 5. The number of hydrogen-bond donors (Lipinski definition) is 2. The minimum Gasteiger partial charge on any atom is -0.463 e. The second-order valence-corrected chi connectivity index (χ2v) is 7.34. The molecule has 5 rings (SSSR count). The van der Waals surface area contributed by atoms with Crippen molar-refractivity contribution in [1.82, 2.24) is 30.0 Å². The van der Waals surface area contributed by atoms with Gasteiger partial charge in [-0.15, -0.1) is 0 Å². The summed E-state index contributed by atoms with van der Waals surface area (Å²) in [5.74, 6) is 1.07. The summed E-state index contributed by atoms with van der Waals surface area (Å²) in [6, 6.07) is 13.2. The number of H-pyrrole nitrogens is 1. The van der Waals surface area contributed by atoms with E-state index in [2.05, 4.69) is 20.4 Å². The molecule has 0 fully saturated rings. The zero-order valence-electron chi connectivity index (χ0n) is 16.6. The number of amides is 1. The second-order valence-electron chi connectivity index (χ2n) is 7.34. The number of fused-ring (bicyclic) bond motifs is 2. The van der Waals surface area contributed by atoms with Crippen molar-refractivity contribution in [3.05, 3.63) is 66.3 Å². The van der Waals surface area contributed by atoms with E-state index in [1.165, 1.54) is 0 Å². The monoisotopic (exact) mass is 400 g/mol. The van der Waals surface area contributed by atoms with E-state index < -0.39 is 0 Å². The molecule has 4 aromatic heterocycles. The van der Waals surface area contributed by atoms with Gasteiger partial charge in [0.1, 0.15) is 11.5 Å². The van der Waals surface area contributed by atoms with E-state index in [0.29, 0.717) is 33.9 Å². The summed E-state index contributed by atoms with van der Waals surface area (Å²) >= 11 is 0. The largest absolute Gasteiger partial charge is 0.463 e. The van der Waals surface area contributed by atoms with Crippen molar-refractivity contribution in [2.45, 2.75) is 26.4 Å². The lowest BCUT2D eigenvalue weighted by Gasteiger charge is -2.10. The van der Waals surface area contributed by atoms with Crippen molar-refractivity contribution in [2.24, 2.45) is 0 Å². The summed E-state index contributed by atoms with van der Waals surface area (Å²) in [5, 5.41) is 8.08. The average Bonchev–Trinajstić information content (AvgIpc) is 3.49. The van der Waals surface area contributed by atoms with Crippen LogP contribution in [0, 0.1) is 0 Å². The highest BCUT2D eigenvalue weighted by Crippen LogP contribution is 2.26. The number of benzene rings is 1. The number of pyridine rings is 1. The summed E-state index contributed by atoms with van der Waals surface area (Å²) in [6.45, 7) is 4.33. The first-order chi connectivity index (χ1) is 14.6. The van der Waals surface area contributed by atoms with Crippen LogP contribution in [0.3, 0.4) is 0 Å². The van der Waals surface area contributed by atoms with Crippen molar-refractivity contribution in [1.29, 1.82) is 0 Å². The maximum absolute atomic E-state index is 13.1. The van der Waals surface area contributed by atoms with E-state index >= 15 is 0 Å². The number of aromatic nitrogens is 5. The number of nitrogens with zero attached hydrogens (tertiary/aromatic N) is 4. The van der Waals surface area contributed by atoms with Gasteiger partial charge < -0.3 is 14.7 Å². The van der Waals surface area contributed by atoms with E-state index in [1.54, 1.807) is 29.3 Å². The van der Waals surface area contributed by atoms with Gasteiger partial charge in [0.15, 0.2) is 11.4 Å². The molecule has 30 heavy (non-hydrogen) atoms. The number of furan rings is 1. The van der Waals surface area contributed by atoms with Crippen LogP contribution in [0.25, 0.3) is 33.5 Å². The molecule has 0 unspecified atom stereocenters. The van der Waals surface area contributed by atoms with Gasteiger partial charge in [0.25, 0.3) is 5.91 Å². The molecule has 8 nitrogen and oxygen atoms in total. The Morgan fingerprint density at radius 2 is 2.07 bits per heavy atom. The van der Waals surface area contributed by atoms with Crippen LogP contribution in [0.15, 0.2) is 59.3 Å². The smallest absolute Gasteiger partial charge is 0.252 e. The molecule has 0 radical (unpaired) electrons. The molecule has 0 aliphatic carbocycles. The molecule has 4 heterocycles. The third-order valence-electron chi connectivity index (χ3n) is 4.93. The highest BCUT2D eigenvalue weighted by molar-refractivity contribution is 6.06. The van der Waals surface area contributed by atoms with Gasteiger partial charge in [0.2, 0.25) is 0 Å². The summed E-state index contributed by atoms with van der Waals surface area (Å²) in [6.07, 6.45) is 3.27. The number of nitrogens with one attached hydrogen (secondary N) is 2. The SMILES string of the molecule is CC(C)n1ncc2c(C(=O)NCc3nc4ccccc4[nH]3)cc(-c3ccco3)nc21. The van der Waals surface area contributed by atoms with E-state index in [9.17, 15) is 4.79 Å². The normalized spacial score (nSPS) is 11.6. The highest BCUT2D eigenvalue weighted by Gasteiger charge is 2.19. The van der Waals surface area contributed by atoms with Gasteiger partial charge in [0, 0.05) is 6.04 Å². The van der Waals surface area contributed by atoms with Crippen LogP contribution in [0.5, 0.6) is 0 Å². The van der Waals surface area contributed by atoms with Crippen molar-refractivity contribution in [3.8, 4) is 11.5 Å². The Balaban J connectivity index is 1.50. The molecule has 0 saturated carbocycles. The number of carbonyl (C=O) groups excluding carboxylic acids is 1. The van der Waals surface area contributed by atoms with Crippen molar-refractivity contribution in [3.63, 3.8) is 0 Å². The van der Waals surface area contributed by atoms with Gasteiger partial charge in [-0.05, 0) is 44.2 Å². The first-order valence-electron chi connectivity index (χ1n) is 9.74. The predicted molar refractivity (Wildman–Crippen MR) is 113 cm³/mol. The molecule has 0 aliphatic heterocycles. The number of rotatable bonds is 5. The fourth-order valence-electron chi connectivity index (χ4n) is 3.48. The Morgan fingerprint density at radius 1 is 1.20 bits per heavy atom. The summed E-state index contributed by atoms with van der Waals surface area (Å²) < 4.78 is 7.31. The van der Waals surface area contributed by atoms with Gasteiger partial charge in [-0.1, -0.05) is 12.1 Å². The Bertz CT molecular complexity index is 1310. The summed E-state index contributed by atoms with van der Waals surface area (Å²) in [4.78, 5) is 25.5. The number of carbonyl (C=O) groups is 1. The fourth-order valence-corrected chi connectivity index (χ4v) is 3.48. The molecule has 0 aliphatic rings. The zero-order valence-corrected chi connectivity index (χ0v) is 16.6. The molecule has 2 N–H and O–H groups in total. The molecule has 150 valence electrons. The van der Waals surface area contributed by atoms with Crippen LogP contribution < -0.4 is 5.32 Å². The maximum atomic E-state index is 13.1. The summed E-state index contributed by atoms with van der Waals surface area (Å²) in [5.41, 5.74) is 3.53. The molecule has 0 spiro atoms. The number of aromatic amines is 1. The van der Waals surface area contributed by atoms with Gasteiger partial charge in [-0.3, -0.25) is 4.79 Å². The van der Waals surface area contributed by atoms with Crippen LogP contribution in [0.1, 0.15) is 36.1 Å². The van der Waals surface area contributed by atoms with Crippen molar-refractivity contribution >= 4 is 28.0 Å². The lowest BCUT2D eigenvalue weighted by atomic mass is 10.1.